The predicted octanol–water partition coefficient (Wildman–Crippen LogP) is 0.711. The average Bonchev–Trinajstić information content (AvgIpc) is 2.38. The molecule has 1 fully saturated rings. The summed E-state index contributed by atoms with van der Waals surface area (Å²) in [4.78, 5) is 37.4. The van der Waals surface area contributed by atoms with E-state index < -0.39 is 12.0 Å². The van der Waals surface area contributed by atoms with Crippen molar-refractivity contribution in [3.05, 3.63) is 0 Å². The molecule has 0 aromatic rings. The van der Waals surface area contributed by atoms with Crippen LogP contribution >= 0.6 is 0 Å². The Morgan fingerprint density at radius 3 is 2.47 bits per heavy atom. The molecule has 1 aliphatic heterocycles. The van der Waals surface area contributed by atoms with E-state index in [0.717, 1.165) is 12.8 Å². The van der Waals surface area contributed by atoms with Gasteiger partial charge in [-0.2, -0.15) is 0 Å². The summed E-state index contributed by atoms with van der Waals surface area (Å²) in [6.07, 6.45) is 3.26. The van der Waals surface area contributed by atoms with Crippen LogP contribution in [0.1, 0.15) is 38.5 Å². The molecule has 6 heteroatoms. The Hall–Kier alpha value is -1.59. The fourth-order valence-electron chi connectivity index (χ4n) is 2.24. The van der Waals surface area contributed by atoms with Gasteiger partial charge in [0.1, 0.15) is 6.04 Å². The number of rotatable bonds is 5. The zero-order valence-corrected chi connectivity index (χ0v) is 11.6. The summed E-state index contributed by atoms with van der Waals surface area (Å²) in [5.74, 6) is -1.10. The van der Waals surface area contributed by atoms with E-state index in [1.165, 1.54) is 9.80 Å². The standard InChI is InChI=1S/C13H22N2O4/c1-14(2)11(16)7-5-8-12(17)15-9-4-3-6-10(15)13(18)19/h10H,3-9H2,1-2H3,(H,18,19)/t10-/m1/s1. The Kier molecular flexibility index (Phi) is 5.79. The van der Waals surface area contributed by atoms with Crippen LogP contribution in [0, 0.1) is 0 Å². The van der Waals surface area contributed by atoms with Crippen molar-refractivity contribution in [1.29, 1.82) is 0 Å². The molecule has 1 heterocycles. The zero-order valence-electron chi connectivity index (χ0n) is 11.6. The van der Waals surface area contributed by atoms with E-state index in [-0.39, 0.29) is 18.2 Å². The smallest absolute Gasteiger partial charge is 0.326 e. The quantitative estimate of drug-likeness (QED) is 0.798. The number of carbonyl (C=O) groups excluding carboxylic acids is 2. The van der Waals surface area contributed by atoms with Gasteiger partial charge in [0, 0.05) is 33.5 Å². The lowest BCUT2D eigenvalue weighted by Gasteiger charge is -2.33. The molecule has 6 nitrogen and oxygen atoms in total. The summed E-state index contributed by atoms with van der Waals surface area (Å²) in [5, 5.41) is 9.09. The van der Waals surface area contributed by atoms with Gasteiger partial charge in [0.25, 0.3) is 0 Å². The second-order valence-electron chi connectivity index (χ2n) is 5.08. The van der Waals surface area contributed by atoms with Crippen molar-refractivity contribution < 1.29 is 19.5 Å². The van der Waals surface area contributed by atoms with Gasteiger partial charge in [-0.3, -0.25) is 9.59 Å². The lowest BCUT2D eigenvalue weighted by Crippen LogP contribution is -2.47. The Bertz CT molecular complexity index is 355. The number of likely N-dealkylation sites (tertiary alicyclic amines) is 1. The van der Waals surface area contributed by atoms with Crippen molar-refractivity contribution in [2.45, 2.75) is 44.6 Å². The molecule has 0 radical (unpaired) electrons. The van der Waals surface area contributed by atoms with Crippen LogP contribution in [0.15, 0.2) is 0 Å². The molecule has 0 aliphatic carbocycles. The fraction of sp³-hybridized carbons (Fsp3) is 0.769. The van der Waals surface area contributed by atoms with E-state index in [9.17, 15) is 14.4 Å². The molecular formula is C13H22N2O4. The minimum Gasteiger partial charge on any atom is -0.480 e. The van der Waals surface area contributed by atoms with Gasteiger partial charge in [-0.05, 0) is 25.7 Å². The van der Waals surface area contributed by atoms with Gasteiger partial charge in [-0.15, -0.1) is 0 Å². The number of carboxylic acid groups (broad SMARTS) is 1. The summed E-state index contributed by atoms with van der Waals surface area (Å²) in [7, 11) is 3.35. The minimum absolute atomic E-state index is 0.0128. The molecule has 0 saturated carbocycles. The highest BCUT2D eigenvalue weighted by Gasteiger charge is 2.31. The number of carboxylic acids is 1. The molecule has 0 spiro atoms. The summed E-state index contributed by atoms with van der Waals surface area (Å²) in [6, 6.07) is -0.689. The summed E-state index contributed by atoms with van der Waals surface area (Å²) in [5.41, 5.74) is 0. The first-order valence-corrected chi connectivity index (χ1v) is 6.66. The maximum Gasteiger partial charge on any atom is 0.326 e. The van der Waals surface area contributed by atoms with Crippen LogP contribution < -0.4 is 0 Å². The van der Waals surface area contributed by atoms with Crippen LogP contribution in [0.5, 0.6) is 0 Å². The highest BCUT2D eigenvalue weighted by molar-refractivity contribution is 5.84. The summed E-state index contributed by atoms with van der Waals surface area (Å²) in [6.45, 7) is 0.511. The molecule has 1 N–H and O–H groups in total. The van der Waals surface area contributed by atoms with Crippen molar-refractivity contribution in [3.63, 3.8) is 0 Å². The Morgan fingerprint density at radius 2 is 1.89 bits per heavy atom. The number of carbonyl (C=O) groups is 3. The Morgan fingerprint density at radius 1 is 1.21 bits per heavy atom. The molecule has 0 bridgehead atoms. The molecule has 0 aromatic heterocycles. The van der Waals surface area contributed by atoms with E-state index in [0.29, 0.717) is 25.8 Å². The van der Waals surface area contributed by atoms with E-state index in [4.69, 9.17) is 5.11 Å². The Balaban J connectivity index is 2.43. The molecule has 108 valence electrons. The van der Waals surface area contributed by atoms with Crippen molar-refractivity contribution in [2.75, 3.05) is 20.6 Å². The Labute approximate surface area is 113 Å². The van der Waals surface area contributed by atoms with Crippen molar-refractivity contribution in [2.24, 2.45) is 0 Å². The van der Waals surface area contributed by atoms with Gasteiger partial charge in [0.2, 0.25) is 11.8 Å². The second-order valence-corrected chi connectivity index (χ2v) is 5.08. The van der Waals surface area contributed by atoms with Crippen LogP contribution in [0.2, 0.25) is 0 Å². The first-order valence-electron chi connectivity index (χ1n) is 6.66. The monoisotopic (exact) mass is 270 g/mol. The molecular weight excluding hydrogens is 248 g/mol. The van der Waals surface area contributed by atoms with Crippen LogP contribution in [0.4, 0.5) is 0 Å². The number of piperidine rings is 1. The summed E-state index contributed by atoms with van der Waals surface area (Å²) >= 11 is 0. The topological polar surface area (TPSA) is 77.9 Å². The number of nitrogens with zero attached hydrogens (tertiary/aromatic N) is 2. The van der Waals surface area contributed by atoms with Crippen molar-refractivity contribution in [3.8, 4) is 0 Å². The first-order chi connectivity index (χ1) is 8.93. The van der Waals surface area contributed by atoms with Gasteiger partial charge >= 0.3 is 5.97 Å². The lowest BCUT2D eigenvalue weighted by molar-refractivity contribution is -0.152. The van der Waals surface area contributed by atoms with E-state index in [1.807, 2.05) is 0 Å². The second kappa shape index (κ2) is 7.11. The van der Waals surface area contributed by atoms with Crippen LogP contribution in [-0.4, -0.2) is 59.4 Å². The highest BCUT2D eigenvalue weighted by Crippen LogP contribution is 2.18. The largest absolute Gasteiger partial charge is 0.480 e. The maximum atomic E-state index is 12.0. The minimum atomic E-state index is -0.933. The zero-order chi connectivity index (χ0) is 14.4. The normalized spacial score (nSPS) is 19.1. The van der Waals surface area contributed by atoms with Crippen LogP contribution in [0.3, 0.4) is 0 Å². The number of amides is 2. The molecule has 1 atom stereocenters. The molecule has 0 aromatic carbocycles. The third kappa shape index (κ3) is 4.54. The van der Waals surface area contributed by atoms with Gasteiger partial charge < -0.3 is 14.9 Å². The van der Waals surface area contributed by atoms with Crippen LogP contribution in [-0.2, 0) is 14.4 Å². The molecule has 2 amide bonds. The molecule has 1 rings (SSSR count). The van der Waals surface area contributed by atoms with Crippen molar-refractivity contribution in [1.82, 2.24) is 9.80 Å². The highest BCUT2D eigenvalue weighted by atomic mass is 16.4. The third-order valence-electron chi connectivity index (χ3n) is 3.39. The molecule has 1 saturated heterocycles. The maximum absolute atomic E-state index is 12.0. The van der Waals surface area contributed by atoms with E-state index in [2.05, 4.69) is 0 Å². The van der Waals surface area contributed by atoms with Gasteiger partial charge in [-0.1, -0.05) is 0 Å². The number of hydrogen-bond donors (Lipinski definition) is 1. The van der Waals surface area contributed by atoms with E-state index >= 15 is 0 Å². The third-order valence-corrected chi connectivity index (χ3v) is 3.39. The molecule has 1 aliphatic rings. The van der Waals surface area contributed by atoms with Gasteiger partial charge in [0.15, 0.2) is 0 Å². The number of hydrogen-bond acceptors (Lipinski definition) is 3. The van der Waals surface area contributed by atoms with Crippen LogP contribution in [0.25, 0.3) is 0 Å². The average molecular weight is 270 g/mol. The van der Waals surface area contributed by atoms with Gasteiger partial charge in [0.05, 0.1) is 0 Å². The molecule has 0 unspecified atom stereocenters. The lowest BCUT2D eigenvalue weighted by atomic mass is 10.0. The van der Waals surface area contributed by atoms with E-state index in [1.54, 1.807) is 14.1 Å². The fourth-order valence-corrected chi connectivity index (χ4v) is 2.24. The predicted molar refractivity (Wildman–Crippen MR) is 69.5 cm³/mol. The van der Waals surface area contributed by atoms with Crippen molar-refractivity contribution >= 4 is 17.8 Å². The summed E-state index contributed by atoms with van der Waals surface area (Å²) < 4.78 is 0. The SMILES string of the molecule is CN(C)C(=O)CCCC(=O)N1CCCC[C@@H]1C(=O)O. The molecule has 19 heavy (non-hydrogen) atoms. The number of aliphatic carboxylic acids is 1. The first kappa shape index (κ1) is 15.5. The van der Waals surface area contributed by atoms with Gasteiger partial charge in [-0.25, -0.2) is 4.79 Å².